The minimum Gasteiger partial charge on any atom is -0.461 e. The van der Waals surface area contributed by atoms with Crippen molar-refractivity contribution in [3.63, 3.8) is 0 Å². The van der Waals surface area contributed by atoms with Gasteiger partial charge in [0.25, 0.3) is 0 Å². The highest BCUT2D eigenvalue weighted by Gasteiger charge is 2.23. The number of β-amino-alcohol motifs (C(OH)–C–C–N with tert-alkyl or cyclic N) is 1. The Labute approximate surface area is 183 Å². The predicted octanol–water partition coefficient (Wildman–Crippen LogP) is 2.41. The van der Waals surface area contributed by atoms with Crippen molar-refractivity contribution in [1.29, 1.82) is 0 Å². The first-order valence-corrected chi connectivity index (χ1v) is 11.0. The zero-order valence-electron chi connectivity index (χ0n) is 16.3. The lowest BCUT2D eigenvalue weighted by Gasteiger charge is -2.34. The summed E-state index contributed by atoms with van der Waals surface area (Å²) in [6.45, 7) is 3.68. The highest BCUT2D eigenvalue weighted by molar-refractivity contribution is 7.99. The second-order valence-corrected chi connectivity index (χ2v) is 8.21. The van der Waals surface area contributed by atoms with Crippen molar-refractivity contribution in [2.75, 3.05) is 45.1 Å². The summed E-state index contributed by atoms with van der Waals surface area (Å²) in [4.78, 5) is 16.7. The molecule has 4 rings (SSSR count). The van der Waals surface area contributed by atoms with Crippen LogP contribution in [0.2, 0.25) is 5.02 Å². The standard InChI is InChI=1S/C20H22ClN5O3S/c21-15-3-5-16(6-4-15)26-19(17-2-1-13-29-17)22-23-20(26)30-14-18(28)25-9-7-24(8-10-25)11-12-27/h1-6,13,27H,7-12,14H2. The van der Waals surface area contributed by atoms with Gasteiger partial charge in [-0.3, -0.25) is 14.3 Å². The van der Waals surface area contributed by atoms with Crippen LogP contribution in [0.25, 0.3) is 17.3 Å². The van der Waals surface area contributed by atoms with E-state index in [1.807, 2.05) is 27.7 Å². The summed E-state index contributed by atoms with van der Waals surface area (Å²) in [6, 6.07) is 11.0. The quantitative estimate of drug-likeness (QED) is 0.556. The molecule has 1 aliphatic heterocycles. The number of rotatable bonds is 7. The Morgan fingerprint density at radius 2 is 1.90 bits per heavy atom. The lowest BCUT2D eigenvalue weighted by Crippen LogP contribution is -2.49. The molecule has 10 heteroatoms. The zero-order valence-corrected chi connectivity index (χ0v) is 17.8. The summed E-state index contributed by atoms with van der Waals surface area (Å²) in [5.41, 5.74) is 0.836. The third kappa shape index (κ3) is 4.70. The SMILES string of the molecule is O=C(CSc1nnc(-c2ccco2)n1-c1ccc(Cl)cc1)N1CCN(CCO)CC1. The third-order valence-corrected chi connectivity index (χ3v) is 6.09. The largest absolute Gasteiger partial charge is 0.461 e. The van der Waals surface area contributed by atoms with Gasteiger partial charge in [0.1, 0.15) is 0 Å². The molecule has 3 aromatic rings. The van der Waals surface area contributed by atoms with Crippen LogP contribution in [0.3, 0.4) is 0 Å². The Morgan fingerprint density at radius 3 is 2.57 bits per heavy atom. The number of thioether (sulfide) groups is 1. The van der Waals surface area contributed by atoms with E-state index in [2.05, 4.69) is 15.1 Å². The smallest absolute Gasteiger partial charge is 0.233 e. The van der Waals surface area contributed by atoms with Gasteiger partial charge in [-0.2, -0.15) is 0 Å². The fourth-order valence-electron chi connectivity index (χ4n) is 3.33. The molecular weight excluding hydrogens is 426 g/mol. The number of furan rings is 1. The highest BCUT2D eigenvalue weighted by Crippen LogP contribution is 2.29. The number of aliphatic hydroxyl groups excluding tert-OH is 1. The Balaban J connectivity index is 1.49. The van der Waals surface area contributed by atoms with Gasteiger partial charge in [-0.1, -0.05) is 23.4 Å². The van der Waals surface area contributed by atoms with Crippen LogP contribution in [0.4, 0.5) is 0 Å². The molecule has 30 heavy (non-hydrogen) atoms. The van der Waals surface area contributed by atoms with Crippen LogP contribution in [0.15, 0.2) is 52.2 Å². The molecule has 0 saturated carbocycles. The van der Waals surface area contributed by atoms with Gasteiger partial charge in [0.05, 0.1) is 18.6 Å². The molecule has 1 aliphatic rings. The number of nitrogens with zero attached hydrogens (tertiary/aromatic N) is 5. The fourth-order valence-corrected chi connectivity index (χ4v) is 4.31. The number of hydrogen-bond acceptors (Lipinski definition) is 7. The first-order valence-electron chi connectivity index (χ1n) is 9.65. The number of piperazine rings is 1. The predicted molar refractivity (Wildman–Crippen MR) is 115 cm³/mol. The second-order valence-electron chi connectivity index (χ2n) is 6.83. The lowest BCUT2D eigenvalue weighted by molar-refractivity contribution is -0.130. The summed E-state index contributed by atoms with van der Waals surface area (Å²) >= 11 is 7.39. The number of halogens is 1. The van der Waals surface area contributed by atoms with Crippen LogP contribution >= 0.6 is 23.4 Å². The molecule has 1 amide bonds. The van der Waals surface area contributed by atoms with Gasteiger partial charge >= 0.3 is 0 Å². The molecule has 158 valence electrons. The molecule has 1 aromatic carbocycles. The summed E-state index contributed by atoms with van der Waals surface area (Å²) in [7, 11) is 0. The topological polar surface area (TPSA) is 87.6 Å². The van der Waals surface area contributed by atoms with Gasteiger partial charge in [-0.05, 0) is 36.4 Å². The van der Waals surface area contributed by atoms with Crippen LogP contribution in [-0.2, 0) is 4.79 Å². The van der Waals surface area contributed by atoms with E-state index in [4.69, 9.17) is 21.1 Å². The number of benzene rings is 1. The van der Waals surface area contributed by atoms with Crippen molar-refractivity contribution >= 4 is 29.3 Å². The van der Waals surface area contributed by atoms with Gasteiger partial charge in [0.15, 0.2) is 10.9 Å². The summed E-state index contributed by atoms with van der Waals surface area (Å²) in [6.07, 6.45) is 1.59. The molecule has 1 saturated heterocycles. The number of aliphatic hydroxyl groups is 1. The van der Waals surface area contributed by atoms with E-state index < -0.39 is 0 Å². The highest BCUT2D eigenvalue weighted by atomic mass is 35.5. The van der Waals surface area contributed by atoms with E-state index in [1.165, 1.54) is 11.8 Å². The fraction of sp³-hybridized carbons (Fsp3) is 0.350. The zero-order chi connectivity index (χ0) is 20.9. The normalized spacial score (nSPS) is 14.9. The molecule has 0 radical (unpaired) electrons. The summed E-state index contributed by atoms with van der Waals surface area (Å²) < 4.78 is 7.38. The first kappa shape index (κ1) is 20.9. The number of carbonyl (C=O) groups is 1. The van der Waals surface area contributed by atoms with E-state index in [0.29, 0.717) is 41.4 Å². The monoisotopic (exact) mass is 447 g/mol. The molecule has 3 heterocycles. The van der Waals surface area contributed by atoms with Crippen LogP contribution in [0, 0.1) is 0 Å². The van der Waals surface area contributed by atoms with Crippen molar-refractivity contribution < 1.29 is 14.3 Å². The maximum Gasteiger partial charge on any atom is 0.233 e. The van der Waals surface area contributed by atoms with E-state index in [-0.39, 0.29) is 18.3 Å². The van der Waals surface area contributed by atoms with Crippen molar-refractivity contribution in [1.82, 2.24) is 24.6 Å². The molecule has 1 fully saturated rings. The van der Waals surface area contributed by atoms with E-state index in [9.17, 15) is 4.79 Å². The van der Waals surface area contributed by atoms with Crippen LogP contribution in [0.5, 0.6) is 0 Å². The van der Waals surface area contributed by atoms with E-state index in [1.54, 1.807) is 24.5 Å². The Morgan fingerprint density at radius 1 is 1.13 bits per heavy atom. The molecule has 1 N–H and O–H groups in total. The second kappa shape index (κ2) is 9.65. The molecule has 0 unspecified atom stereocenters. The maximum atomic E-state index is 12.7. The molecule has 0 aliphatic carbocycles. The Bertz CT molecular complexity index is 969. The summed E-state index contributed by atoms with van der Waals surface area (Å²) in [5, 5.41) is 18.9. The average molecular weight is 448 g/mol. The Hall–Kier alpha value is -2.33. The molecule has 0 bridgehead atoms. The first-order chi connectivity index (χ1) is 14.7. The lowest BCUT2D eigenvalue weighted by atomic mass is 10.3. The van der Waals surface area contributed by atoms with Gasteiger partial charge in [-0.15, -0.1) is 10.2 Å². The average Bonchev–Trinajstić information content (AvgIpc) is 3.43. The van der Waals surface area contributed by atoms with Gasteiger partial charge in [0, 0.05) is 43.4 Å². The van der Waals surface area contributed by atoms with Crippen molar-refractivity contribution in [2.45, 2.75) is 5.16 Å². The van der Waals surface area contributed by atoms with Crippen molar-refractivity contribution in [3.8, 4) is 17.3 Å². The molecule has 0 spiro atoms. The van der Waals surface area contributed by atoms with Gasteiger partial charge in [-0.25, -0.2) is 0 Å². The summed E-state index contributed by atoms with van der Waals surface area (Å²) in [5.74, 6) is 1.49. The number of amides is 1. The van der Waals surface area contributed by atoms with E-state index >= 15 is 0 Å². The van der Waals surface area contributed by atoms with Crippen LogP contribution < -0.4 is 0 Å². The molecule has 2 aromatic heterocycles. The number of carbonyl (C=O) groups excluding carboxylic acids is 1. The van der Waals surface area contributed by atoms with Gasteiger partial charge in [0.2, 0.25) is 11.7 Å². The van der Waals surface area contributed by atoms with Gasteiger partial charge < -0.3 is 14.4 Å². The van der Waals surface area contributed by atoms with Crippen molar-refractivity contribution in [2.24, 2.45) is 0 Å². The molecule has 8 nitrogen and oxygen atoms in total. The van der Waals surface area contributed by atoms with Crippen molar-refractivity contribution in [3.05, 3.63) is 47.7 Å². The minimum absolute atomic E-state index is 0.0638. The number of hydrogen-bond donors (Lipinski definition) is 1. The Kier molecular flexibility index (Phi) is 6.73. The molecule has 0 atom stereocenters. The maximum absolute atomic E-state index is 12.7. The number of aromatic nitrogens is 3. The van der Waals surface area contributed by atoms with Crippen LogP contribution in [0.1, 0.15) is 0 Å². The minimum atomic E-state index is 0.0638. The molecular formula is C20H22ClN5O3S. The van der Waals surface area contributed by atoms with Crippen LogP contribution in [-0.4, -0.2) is 80.7 Å². The third-order valence-electron chi connectivity index (χ3n) is 4.93. The van der Waals surface area contributed by atoms with E-state index in [0.717, 1.165) is 18.8 Å².